The van der Waals surface area contributed by atoms with Crippen molar-refractivity contribution in [1.82, 2.24) is 20.7 Å². The van der Waals surface area contributed by atoms with Crippen LogP contribution in [0.5, 0.6) is 5.75 Å². The summed E-state index contributed by atoms with van der Waals surface area (Å²) < 4.78 is 61.5. The minimum atomic E-state index is -1.46. The van der Waals surface area contributed by atoms with Crippen molar-refractivity contribution in [1.29, 1.82) is 0 Å². The Morgan fingerprint density at radius 3 is 2.44 bits per heavy atom. The number of halogens is 4. The molecule has 2 aromatic heterocycles. The summed E-state index contributed by atoms with van der Waals surface area (Å²) in [4.78, 5) is 24.6. The van der Waals surface area contributed by atoms with E-state index in [1.165, 1.54) is 6.20 Å². The first-order valence-corrected chi connectivity index (χ1v) is 15.8. The number of pyridine rings is 2. The third-order valence-electron chi connectivity index (χ3n) is 6.73. The van der Waals surface area contributed by atoms with Crippen molar-refractivity contribution in [2.24, 2.45) is 16.7 Å². The number of nitrogens with two attached hydrogens (primary N) is 2. The maximum Gasteiger partial charge on any atom is 0.252 e. The van der Waals surface area contributed by atoms with Crippen LogP contribution >= 0.6 is 11.8 Å². The van der Waals surface area contributed by atoms with Crippen LogP contribution in [0.15, 0.2) is 82.8 Å². The molecular weight excluding hydrogens is 648 g/mol. The number of ether oxygens (including phenoxy) is 1. The zero-order valence-corrected chi connectivity index (χ0v) is 26.5. The number of nitrogen functional groups attached to an aromatic ring is 1. The molecule has 4 rings (SSSR count). The van der Waals surface area contributed by atoms with Gasteiger partial charge in [-0.15, -0.1) is 11.8 Å². The second kappa shape index (κ2) is 18.4. The Bertz CT molecular complexity index is 1700. The van der Waals surface area contributed by atoms with Gasteiger partial charge in [-0.2, -0.15) is 0 Å². The maximum atomic E-state index is 14.1. The largest absolute Gasteiger partial charge is 0.491 e. The van der Waals surface area contributed by atoms with Gasteiger partial charge in [0, 0.05) is 43.2 Å². The van der Waals surface area contributed by atoms with Crippen molar-refractivity contribution in [2.75, 3.05) is 30.9 Å². The molecule has 0 fully saturated rings. The highest BCUT2D eigenvalue weighted by Gasteiger charge is 2.19. The molecule has 4 aromatic rings. The van der Waals surface area contributed by atoms with Crippen LogP contribution in [0.2, 0.25) is 0 Å². The summed E-state index contributed by atoms with van der Waals surface area (Å²) in [7, 11) is 0. The fraction of sp³-hybridized carbons (Fsp3) is 0.212. The topological polar surface area (TPSA) is 153 Å². The lowest BCUT2D eigenvalue weighted by atomic mass is 10.2. The quantitative estimate of drug-likeness (QED) is 0.0161. The molecule has 2 aromatic carbocycles. The number of nitrogens with one attached hydrogen (secondary N) is 3. The van der Waals surface area contributed by atoms with Crippen LogP contribution in [0.3, 0.4) is 0 Å². The van der Waals surface area contributed by atoms with Gasteiger partial charge in [0.1, 0.15) is 23.1 Å². The Kier molecular flexibility index (Phi) is 13.7. The van der Waals surface area contributed by atoms with Crippen LogP contribution in [-0.4, -0.2) is 47.2 Å². The summed E-state index contributed by atoms with van der Waals surface area (Å²) in [5.41, 5.74) is 7.41. The summed E-state index contributed by atoms with van der Waals surface area (Å²) in [6, 6.07) is 16.6. The summed E-state index contributed by atoms with van der Waals surface area (Å²) in [5.74, 6) is 6.26. The molecule has 2 heterocycles. The van der Waals surface area contributed by atoms with E-state index in [-0.39, 0.29) is 24.1 Å². The number of benzene rings is 2. The molecule has 0 atom stereocenters. The monoisotopic (exact) mass is 682 g/mol. The van der Waals surface area contributed by atoms with Crippen molar-refractivity contribution in [2.45, 2.75) is 24.2 Å². The van der Waals surface area contributed by atoms with Crippen LogP contribution in [0.4, 0.5) is 23.4 Å². The molecule has 7 N–H and O–H groups in total. The molecule has 0 saturated heterocycles. The summed E-state index contributed by atoms with van der Waals surface area (Å²) in [6.07, 6.45) is 6.10. The number of carbonyl (C=O) groups excluding carboxylic acids is 1. The number of aliphatic imine (C=N–C) groups is 1. The number of hydrogen-bond acceptors (Lipinski definition) is 9. The van der Waals surface area contributed by atoms with Crippen LogP contribution in [-0.2, 0) is 12.8 Å². The van der Waals surface area contributed by atoms with Gasteiger partial charge in [-0.25, -0.2) is 39.2 Å². The van der Waals surface area contributed by atoms with E-state index in [1.54, 1.807) is 36.4 Å². The average Bonchev–Trinajstić information content (AvgIpc) is 3.11. The molecule has 252 valence electrons. The van der Waals surface area contributed by atoms with E-state index in [4.69, 9.17) is 16.4 Å². The zero-order valence-electron chi connectivity index (χ0n) is 25.7. The van der Waals surface area contributed by atoms with Crippen LogP contribution in [0.25, 0.3) is 6.08 Å². The first-order valence-electron chi connectivity index (χ1n) is 14.8. The van der Waals surface area contributed by atoms with Crippen molar-refractivity contribution >= 4 is 35.4 Å². The van der Waals surface area contributed by atoms with Gasteiger partial charge >= 0.3 is 0 Å². The van der Waals surface area contributed by atoms with Crippen LogP contribution < -0.4 is 32.6 Å². The molecule has 0 saturated carbocycles. The van der Waals surface area contributed by atoms with Gasteiger partial charge in [0.15, 0.2) is 23.3 Å². The van der Waals surface area contributed by atoms with E-state index in [1.807, 2.05) is 30.3 Å². The number of anilines is 1. The Morgan fingerprint density at radius 2 is 1.75 bits per heavy atom. The van der Waals surface area contributed by atoms with Crippen LogP contribution in [0.1, 0.15) is 33.7 Å². The van der Waals surface area contributed by atoms with Crippen molar-refractivity contribution in [3.8, 4) is 5.75 Å². The number of aromatic nitrogens is 2. The van der Waals surface area contributed by atoms with Gasteiger partial charge in [-0.05, 0) is 54.8 Å². The number of hydrogen-bond donors (Lipinski definition) is 5. The predicted molar refractivity (Wildman–Crippen MR) is 178 cm³/mol. The highest BCUT2D eigenvalue weighted by atomic mass is 32.2. The summed E-state index contributed by atoms with van der Waals surface area (Å²) in [5, 5.41) is 2.79. The van der Waals surface area contributed by atoms with Crippen LogP contribution in [0, 0.1) is 23.3 Å². The number of amides is 1. The second-order valence-electron chi connectivity index (χ2n) is 10.1. The van der Waals surface area contributed by atoms with Gasteiger partial charge in [0.25, 0.3) is 5.91 Å². The van der Waals surface area contributed by atoms with Gasteiger partial charge in [-0.1, -0.05) is 30.3 Å². The summed E-state index contributed by atoms with van der Waals surface area (Å²) >= 11 is 0.654. The number of amidine groups is 1. The van der Waals surface area contributed by atoms with E-state index in [9.17, 15) is 22.4 Å². The highest BCUT2D eigenvalue weighted by molar-refractivity contribution is 7.99. The lowest BCUT2D eigenvalue weighted by Gasteiger charge is -2.11. The fourth-order valence-corrected chi connectivity index (χ4v) is 5.21. The molecule has 0 unspecified atom stereocenters. The maximum absolute atomic E-state index is 14.1. The van der Waals surface area contributed by atoms with Gasteiger partial charge in [0.05, 0.1) is 17.1 Å². The lowest BCUT2D eigenvalue weighted by Crippen LogP contribution is -2.29. The van der Waals surface area contributed by atoms with E-state index in [2.05, 4.69) is 31.1 Å². The Morgan fingerprint density at radius 1 is 0.979 bits per heavy atom. The first kappa shape index (κ1) is 35.9. The van der Waals surface area contributed by atoms with Gasteiger partial charge < -0.3 is 20.9 Å². The van der Waals surface area contributed by atoms with Gasteiger partial charge in [0.2, 0.25) is 0 Å². The normalized spacial score (nSPS) is 11.5. The molecule has 48 heavy (non-hydrogen) atoms. The van der Waals surface area contributed by atoms with E-state index >= 15 is 0 Å². The Balaban J connectivity index is 1.39. The molecule has 0 aliphatic heterocycles. The number of thioether (sulfide) groups is 1. The number of aryl methyl sites for hydroxylation is 1. The Hall–Kier alpha value is -4.99. The molecular formula is C33H34F4N8O2S. The molecule has 0 radical (unpaired) electrons. The smallest absolute Gasteiger partial charge is 0.252 e. The van der Waals surface area contributed by atoms with E-state index in [0.717, 1.165) is 5.56 Å². The van der Waals surface area contributed by atoms with Crippen molar-refractivity contribution < 1.29 is 27.1 Å². The summed E-state index contributed by atoms with van der Waals surface area (Å²) in [6.45, 7) is 1.08. The molecule has 15 heteroatoms. The number of carbonyl (C=O) groups is 1. The molecule has 1 amide bonds. The van der Waals surface area contributed by atoms with Gasteiger partial charge in [-0.3, -0.25) is 9.79 Å². The fourth-order valence-electron chi connectivity index (χ4n) is 4.24. The standard InChI is InChI=1S/C33H34F4N8O2S/c34-24-19-25(35)31(37)32(30(24)36)48-18-14-23-8-10-27(47-17-13-21-5-2-1-3-6-21)26(43-23)9-12-28(44-38)40-15-4-16-41-33(46)22-7-11-29(45-39)42-20-22/h1-3,5-12,19-20H,4,13-18,38-39H2,(H,40,44)(H,41,46)(H,42,45)/b12-9+. The minimum Gasteiger partial charge on any atom is -0.491 e. The van der Waals surface area contributed by atoms with Crippen molar-refractivity contribution in [3.63, 3.8) is 0 Å². The van der Waals surface area contributed by atoms with E-state index < -0.39 is 28.2 Å². The van der Waals surface area contributed by atoms with E-state index in [0.29, 0.717) is 78.7 Å². The molecule has 0 aliphatic rings. The zero-order chi connectivity index (χ0) is 34.3. The highest BCUT2D eigenvalue weighted by Crippen LogP contribution is 2.29. The third-order valence-corrected chi connectivity index (χ3v) is 7.79. The van der Waals surface area contributed by atoms with Crippen molar-refractivity contribution in [3.05, 3.63) is 119 Å². The SMILES string of the molecule is NNC(/C=C/c1nc(CCSc2c(F)c(F)cc(F)c2F)ccc1OCCc1ccccc1)=NCCCNC(=O)c1ccc(NN)nc1. The molecule has 0 aliphatic carbocycles. The third kappa shape index (κ3) is 10.5. The molecule has 0 spiro atoms. The average molecular weight is 683 g/mol. The molecule has 10 nitrogen and oxygen atoms in total. The number of nitrogens with zero attached hydrogens (tertiary/aromatic N) is 3. The Labute approximate surface area is 279 Å². The minimum absolute atomic E-state index is 0.0986. The number of rotatable bonds is 16. The molecule has 0 bridgehead atoms. The predicted octanol–water partition coefficient (Wildman–Crippen LogP) is 4.97. The lowest BCUT2D eigenvalue weighted by molar-refractivity contribution is 0.0953. The second-order valence-corrected chi connectivity index (χ2v) is 11.2. The number of hydrazine groups is 2. The first-order chi connectivity index (χ1) is 23.3.